The van der Waals surface area contributed by atoms with Crippen molar-refractivity contribution in [2.75, 3.05) is 6.61 Å². The van der Waals surface area contributed by atoms with E-state index in [0.29, 0.717) is 6.61 Å². The second-order valence-electron chi connectivity index (χ2n) is 3.36. The maximum Gasteiger partial charge on any atom is 0.125 e. The number of allylic oxidation sites excluding steroid dienone is 1. The predicted molar refractivity (Wildman–Crippen MR) is 57.3 cm³/mol. The lowest BCUT2D eigenvalue weighted by atomic mass is 10.2. The SMILES string of the molecule is CC(C)=CCOc1ccccc1CO. The molecule has 0 aromatic heterocycles. The van der Waals surface area contributed by atoms with E-state index in [0.717, 1.165) is 11.3 Å². The summed E-state index contributed by atoms with van der Waals surface area (Å²) in [5.41, 5.74) is 2.06. The van der Waals surface area contributed by atoms with E-state index in [1.807, 2.05) is 44.2 Å². The van der Waals surface area contributed by atoms with E-state index in [2.05, 4.69) is 0 Å². The highest BCUT2D eigenvalue weighted by molar-refractivity contribution is 5.32. The molecule has 0 aliphatic carbocycles. The molecule has 0 saturated heterocycles. The van der Waals surface area contributed by atoms with E-state index in [-0.39, 0.29) is 6.61 Å². The number of aliphatic hydroxyl groups excluding tert-OH is 1. The van der Waals surface area contributed by atoms with E-state index in [1.165, 1.54) is 5.57 Å². The van der Waals surface area contributed by atoms with Crippen LogP contribution in [0.25, 0.3) is 0 Å². The first-order valence-electron chi connectivity index (χ1n) is 4.69. The highest BCUT2D eigenvalue weighted by Gasteiger charge is 1.99. The molecule has 0 bridgehead atoms. The molecule has 0 spiro atoms. The van der Waals surface area contributed by atoms with Gasteiger partial charge >= 0.3 is 0 Å². The number of aliphatic hydroxyl groups is 1. The zero-order valence-electron chi connectivity index (χ0n) is 8.66. The minimum atomic E-state index is 0.0188. The molecule has 0 heterocycles. The van der Waals surface area contributed by atoms with Gasteiger partial charge in [0, 0.05) is 5.56 Å². The van der Waals surface area contributed by atoms with E-state index in [9.17, 15) is 0 Å². The zero-order valence-corrected chi connectivity index (χ0v) is 8.66. The molecule has 1 aromatic rings. The highest BCUT2D eigenvalue weighted by atomic mass is 16.5. The second-order valence-corrected chi connectivity index (χ2v) is 3.36. The van der Waals surface area contributed by atoms with Gasteiger partial charge in [0.25, 0.3) is 0 Å². The average molecular weight is 192 g/mol. The molecule has 0 fully saturated rings. The lowest BCUT2D eigenvalue weighted by Gasteiger charge is -2.07. The van der Waals surface area contributed by atoms with Gasteiger partial charge in [0.15, 0.2) is 0 Å². The molecular formula is C12H16O2. The van der Waals surface area contributed by atoms with Gasteiger partial charge in [-0.3, -0.25) is 0 Å². The van der Waals surface area contributed by atoms with Crippen molar-refractivity contribution in [3.05, 3.63) is 41.5 Å². The molecule has 2 nitrogen and oxygen atoms in total. The van der Waals surface area contributed by atoms with Gasteiger partial charge in [-0.05, 0) is 26.0 Å². The largest absolute Gasteiger partial charge is 0.489 e. The van der Waals surface area contributed by atoms with E-state index >= 15 is 0 Å². The van der Waals surface area contributed by atoms with Crippen molar-refractivity contribution in [3.63, 3.8) is 0 Å². The highest BCUT2D eigenvalue weighted by Crippen LogP contribution is 2.17. The van der Waals surface area contributed by atoms with Gasteiger partial charge < -0.3 is 9.84 Å². The molecule has 2 heteroatoms. The summed E-state index contributed by atoms with van der Waals surface area (Å²) in [6, 6.07) is 7.51. The standard InChI is InChI=1S/C12H16O2/c1-10(2)7-8-14-12-6-4-3-5-11(12)9-13/h3-7,13H,8-9H2,1-2H3. The summed E-state index contributed by atoms with van der Waals surface area (Å²) in [7, 11) is 0. The van der Waals surface area contributed by atoms with Crippen molar-refractivity contribution in [2.45, 2.75) is 20.5 Å². The molecule has 0 atom stereocenters. The Balaban J connectivity index is 2.62. The van der Waals surface area contributed by atoms with Crippen molar-refractivity contribution in [1.29, 1.82) is 0 Å². The summed E-state index contributed by atoms with van der Waals surface area (Å²) in [4.78, 5) is 0. The van der Waals surface area contributed by atoms with Crippen LogP contribution < -0.4 is 4.74 Å². The number of hydrogen-bond donors (Lipinski definition) is 1. The number of rotatable bonds is 4. The fourth-order valence-electron chi connectivity index (χ4n) is 1.07. The smallest absolute Gasteiger partial charge is 0.125 e. The van der Waals surface area contributed by atoms with Gasteiger partial charge in [0.05, 0.1) is 6.61 Å². The van der Waals surface area contributed by atoms with E-state index in [1.54, 1.807) is 0 Å². The van der Waals surface area contributed by atoms with Crippen molar-refractivity contribution < 1.29 is 9.84 Å². The second kappa shape index (κ2) is 5.45. The van der Waals surface area contributed by atoms with Gasteiger partial charge in [0.2, 0.25) is 0 Å². The first-order valence-corrected chi connectivity index (χ1v) is 4.69. The Bertz CT molecular complexity index is 312. The molecule has 0 amide bonds. The van der Waals surface area contributed by atoms with Crippen LogP contribution in [0.4, 0.5) is 0 Å². The topological polar surface area (TPSA) is 29.5 Å². The van der Waals surface area contributed by atoms with Gasteiger partial charge in [0.1, 0.15) is 12.4 Å². The van der Waals surface area contributed by atoms with Gasteiger partial charge in [-0.15, -0.1) is 0 Å². The van der Waals surface area contributed by atoms with Crippen LogP contribution in [0.15, 0.2) is 35.9 Å². The Kier molecular flexibility index (Phi) is 4.20. The lowest BCUT2D eigenvalue weighted by Crippen LogP contribution is -1.97. The minimum Gasteiger partial charge on any atom is -0.489 e. The zero-order chi connectivity index (χ0) is 10.4. The molecule has 14 heavy (non-hydrogen) atoms. The molecule has 0 aliphatic heterocycles. The monoisotopic (exact) mass is 192 g/mol. The predicted octanol–water partition coefficient (Wildman–Crippen LogP) is 2.52. The quantitative estimate of drug-likeness (QED) is 0.743. The molecule has 76 valence electrons. The third-order valence-electron chi connectivity index (χ3n) is 1.87. The number of para-hydroxylation sites is 1. The van der Waals surface area contributed by atoms with Crippen LogP contribution in [-0.4, -0.2) is 11.7 Å². The van der Waals surface area contributed by atoms with Crippen molar-refractivity contribution in [1.82, 2.24) is 0 Å². The third kappa shape index (κ3) is 3.23. The molecule has 1 rings (SSSR count). The van der Waals surface area contributed by atoms with Crippen LogP contribution in [0.5, 0.6) is 5.75 Å². The van der Waals surface area contributed by atoms with Crippen molar-refractivity contribution >= 4 is 0 Å². The Morgan fingerprint density at radius 2 is 2.07 bits per heavy atom. The van der Waals surface area contributed by atoms with Crippen LogP contribution >= 0.6 is 0 Å². The summed E-state index contributed by atoms with van der Waals surface area (Å²) in [6.07, 6.45) is 2.01. The van der Waals surface area contributed by atoms with Gasteiger partial charge in [-0.1, -0.05) is 23.8 Å². The van der Waals surface area contributed by atoms with Gasteiger partial charge in [-0.25, -0.2) is 0 Å². The number of benzene rings is 1. The number of ether oxygens (including phenoxy) is 1. The molecule has 0 radical (unpaired) electrons. The maximum atomic E-state index is 9.03. The first-order chi connectivity index (χ1) is 6.74. The molecule has 0 aliphatic rings. The first kappa shape index (κ1) is 10.8. The molecule has 1 aromatic carbocycles. The van der Waals surface area contributed by atoms with Crippen LogP contribution in [0.3, 0.4) is 0 Å². The molecular weight excluding hydrogens is 176 g/mol. The summed E-state index contributed by atoms with van der Waals surface area (Å²) in [5.74, 6) is 0.757. The third-order valence-corrected chi connectivity index (χ3v) is 1.87. The Labute approximate surface area is 84.8 Å². The Morgan fingerprint density at radius 3 is 2.71 bits per heavy atom. The molecule has 0 unspecified atom stereocenters. The average Bonchev–Trinajstić information content (AvgIpc) is 2.18. The summed E-state index contributed by atoms with van der Waals surface area (Å²) in [6.45, 7) is 4.63. The van der Waals surface area contributed by atoms with E-state index < -0.39 is 0 Å². The molecule has 1 N–H and O–H groups in total. The van der Waals surface area contributed by atoms with Crippen LogP contribution in [0.2, 0.25) is 0 Å². The number of hydrogen-bond acceptors (Lipinski definition) is 2. The summed E-state index contributed by atoms with van der Waals surface area (Å²) >= 11 is 0. The van der Waals surface area contributed by atoms with Crippen LogP contribution in [0, 0.1) is 0 Å². The summed E-state index contributed by atoms with van der Waals surface area (Å²) in [5, 5.41) is 9.03. The Morgan fingerprint density at radius 1 is 1.36 bits per heavy atom. The van der Waals surface area contributed by atoms with Crippen LogP contribution in [0.1, 0.15) is 19.4 Å². The molecule has 0 saturated carbocycles. The van der Waals surface area contributed by atoms with Gasteiger partial charge in [-0.2, -0.15) is 0 Å². The lowest BCUT2D eigenvalue weighted by molar-refractivity contribution is 0.270. The summed E-state index contributed by atoms with van der Waals surface area (Å²) < 4.78 is 5.50. The normalized spacial score (nSPS) is 9.64. The van der Waals surface area contributed by atoms with Crippen molar-refractivity contribution in [3.8, 4) is 5.75 Å². The fourth-order valence-corrected chi connectivity index (χ4v) is 1.07. The fraction of sp³-hybridized carbons (Fsp3) is 0.333. The van der Waals surface area contributed by atoms with Crippen molar-refractivity contribution in [2.24, 2.45) is 0 Å². The minimum absolute atomic E-state index is 0.0188. The Hall–Kier alpha value is -1.28. The van der Waals surface area contributed by atoms with E-state index in [4.69, 9.17) is 9.84 Å². The van der Waals surface area contributed by atoms with Crippen LogP contribution in [-0.2, 0) is 6.61 Å². The maximum absolute atomic E-state index is 9.03.